The third-order valence-electron chi connectivity index (χ3n) is 5.17. The molecule has 2 aromatic carbocycles. The van der Waals surface area contributed by atoms with Crippen LogP contribution in [0.15, 0.2) is 61.1 Å². The molecule has 1 aliphatic carbocycles. The SMILES string of the molecule is Cc1ccc(C(O)NC2CC2)cc1Nc1ncnc2c1cnn2-c1ccccc1. The van der Waals surface area contributed by atoms with E-state index in [1.54, 1.807) is 10.9 Å². The van der Waals surface area contributed by atoms with E-state index < -0.39 is 6.23 Å². The van der Waals surface area contributed by atoms with E-state index in [1.165, 1.54) is 6.33 Å². The molecule has 1 fully saturated rings. The summed E-state index contributed by atoms with van der Waals surface area (Å²) in [4.78, 5) is 8.86. The van der Waals surface area contributed by atoms with Crippen LogP contribution in [0.5, 0.6) is 0 Å². The molecule has 5 rings (SSSR count). The van der Waals surface area contributed by atoms with Gasteiger partial charge < -0.3 is 10.4 Å². The molecule has 3 N–H and O–H groups in total. The number of hydrogen-bond donors (Lipinski definition) is 3. The summed E-state index contributed by atoms with van der Waals surface area (Å²) >= 11 is 0. The highest BCUT2D eigenvalue weighted by atomic mass is 16.3. The standard InChI is InChI=1S/C22H22N6O/c1-14-7-8-15(22(29)26-16-9-10-16)11-19(14)27-20-18-12-25-28(21(18)24-13-23-20)17-5-3-2-4-6-17/h2-8,11-13,16,22,26,29H,9-10H2,1H3,(H,23,24,27). The smallest absolute Gasteiger partial charge is 0.168 e. The van der Waals surface area contributed by atoms with E-state index in [9.17, 15) is 5.11 Å². The van der Waals surface area contributed by atoms with Crippen LogP contribution < -0.4 is 10.6 Å². The minimum absolute atomic E-state index is 0.424. The minimum atomic E-state index is -0.671. The second kappa shape index (κ2) is 7.27. The van der Waals surface area contributed by atoms with Gasteiger partial charge in [-0.3, -0.25) is 5.32 Å². The molecule has 1 aliphatic rings. The van der Waals surface area contributed by atoms with Crippen molar-refractivity contribution in [2.24, 2.45) is 0 Å². The van der Waals surface area contributed by atoms with E-state index in [-0.39, 0.29) is 0 Å². The Kier molecular flexibility index (Phi) is 4.46. The first-order chi connectivity index (χ1) is 14.2. The lowest BCUT2D eigenvalue weighted by Crippen LogP contribution is -2.22. The second-order valence-corrected chi connectivity index (χ2v) is 7.39. The average molecular weight is 386 g/mol. The van der Waals surface area contributed by atoms with Gasteiger partial charge in [0.25, 0.3) is 0 Å². The highest BCUT2D eigenvalue weighted by Crippen LogP contribution is 2.29. The average Bonchev–Trinajstić information content (AvgIpc) is 3.45. The van der Waals surface area contributed by atoms with Crippen LogP contribution in [0.25, 0.3) is 16.7 Å². The number of para-hydroxylation sites is 1. The number of nitrogens with zero attached hydrogens (tertiary/aromatic N) is 4. The van der Waals surface area contributed by atoms with E-state index >= 15 is 0 Å². The van der Waals surface area contributed by atoms with E-state index in [0.29, 0.717) is 11.9 Å². The summed E-state index contributed by atoms with van der Waals surface area (Å²) in [5, 5.41) is 22.4. The van der Waals surface area contributed by atoms with Gasteiger partial charge in [-0.15, -0.1) is 0 Å². The Labute approximate surface area is 168 Å². The zero-order valence-corrected chi connectivity index (χ0v) is 16.1. The fourth-order valence-corrected chi connectivity index (χ4v) is 3.34. The van der Waals surface area contributed by atoms with Gasteiger partial charge >= 0.3 is 0 Å². The Balaban J connectivity index is 1.48. The molecule has 0 radical (unpaired) electrons. The number of aromatic nitrogens is 4. The molecule has 29 heavy (non-hydrogen) atoms. The first-order valence-electron chi connectivity index (χ1n) is 9.75. The third-order valence-corrected chi connectivity index (χ3v) is 5.17. The van der Waals surface area contributed by atoms with Crippen LogP contribution in [0.4, 0.5) is 11.5 Å². The number of benzene rings is 2. The van der Waals surface area contributed by atoms with Gasteiger partial charge in [-0.1, -0.05) is 30.3 Å². The highest BCUT2D eigenvalue weighted by molar-refractivity contribution is 5.89. The lowest BCUT2D eigenvalue weighted by atomic mass is 10.1. The number of fused-ring (bicyclic) bond motifs is 1. The van der Waals surface area contributed by atoms with Crippen molar-refractivity contribution >= 4 is 22.5 Å². The van der Waals surface area contributed by atoms with E-state index in [4.69, 9.17) is 0 Å². The van der Waals surface area contributed by atoms with Gasteiger partial charge in [0.05, 0.1) is 17.3 Å². The van der Waals surface area contributed by atoms with Crippen LogP contribution in [0.1, 0.15) is 30.2 Å². The minimum Gasteiger partial charge on any atom is -0.374 e. The molecule has 2 heterocycles. The van der Waals surface area contributed by atoms with Crippen molar-refractivity contribution in [3.63, 3.8) is 0 Å². The molecular formula is C22H22N6O. The van der Waals surface area contributed by atoms with E-state index in [0.717, 1.165) is 46.4 Å². The summed E-state index contributed by atoms with van der Waals surface area (Å²) in [5.41, 5.74) is 4.47. The lowest BCUT2D eigenvalue weighted by Gasteiger charge is -2.16. The molecule has 1 saturated carbocycles. The zero-order chi connectivity index (χ0) is 19.8. The molecule has 1 atom stereocenters. The van der Waals surface area contributed by atoms with Gasteiger partial charge in [0.2, 0.25) is 0 Å². The Morgan fingerprint density at radius 3 is 2.72 bits per heavy atom. The van der Waals surface area contributed by atoms with Crippen LogP contribution in [0.2, 0.25) is 0 Å². The number of rotatable bonds is 6. The fourth-order valence-electron chi connectivity index (χ4n) is 3.34. The monoisotopic (exact) mass is 386 g/mol. The first kappa shape index (κ1) is 17.8. The molecule has 7 nitrogen and oxygen atoms in total. The molecule has 1 unspecified atom stereocenters. The Bertz CT molecular complexity index is 1150. The van der Waals surface area contributed by atoms with Gasteiger partial charge in [0.15, 0.2) is 5.65 Å². The van der Waals surface area contributed by atoms with Crippen molar-refractivity contribution in [1.29, 1.82) is 0 Å². The Morgan fingerprint density at radius 2 is 1.93 bits per heavy atom. The van der Waals surface area contributed by atoms with Gasteiger partial charge in [-0.2, -0.15) is 5.10 Å². The normalized spacial score (nSPS) is 14.8. The first-order valence-corrected chi connectivity index (χ1v) is 9.75. The lowest BCUT2D eigenvalue weighted by molar-refractivity contribution is 0.137. The number of aliphatic hydroxyl groups is 1. The molecular weight excluding hydrogens is 364 g/mol. The van der Waals surface area contributed by atoms with Crippen LogP contribution in [0.3, 0.4) is 0 Å². The summed E-state index contributed by atoms with van der Waals surface area (Å²) in [6.07, 6.45) is 4.88. The number of hydrogen-bond acceptors (Lipinski definition) is 6. The van der Waals surface area contributed by atoms with E-state index in [2.05, 4.69) is 25.7 Å². The molecule has 0 spiro atoms. The van der Waals surface area contributed by atoms with Crippen LogP contribution in [0, 0.1) is 6.92 Å². The Hall–Kier alpha value is -3.29. The maximum atomic E-state index is 10.4. The molecule has 146 valence electrons. The second-order valence-electron chi connectivity index (χ2n) is 7.39. The summed E-state index contributed by atoms with van der Waals surface area (Å²) in [5.74, 6) is 0.682. The number of nitrogens with one attached hydrogen (secondary N) is 2. The summed E-state index contributed by atoms with van der Waals surface area (Å²) in [6, 6.07) is 16.2. The molecule has 2 aromatic heterocycles. The van der Waals surface area contributed by atoms with Crippen molar-refractivity contribution in [3.05, 3.63) is 72.2 Å². The maximum absolute atomic E-state index is 10.4. The third kappa shape index (κ3) is 3.57. The van der Waals surface area contributed by atoms with Gasteiger partial charge in [-0.25, -0.2) is 14.6 Å². The summed E-state index contributed by atoms with van der Waals surface area (Å²) in [6.45, 7) is 2.03. The predicted octanol–water partition coefficient (Wildman–Crippen LogP) is 3.61. The highest BCUT2D eigenvalue weighted by Gasteiger charge is 2.24. The van der Waals surface area contributed by atoms with Crippen molar-refractivity contribution < 1.29 is 5.11 Å². The van der Waals surface area contributed by atoms with Gasteiger partial charge in [0, 0.05) is 11.7 Å². The fraction of sp³-hybridized carbons (Fsp3) is 0.227. The van der Waals surface area contributed by atoms with Crippen molar-refractivity contribution in [1.82, 2.24) is 25.1 Å². The molecule has 0 amide bonds. The molecule has 4 aromatic rings. The van der Waals surface area contributed by atoms with Crippen LogP contribution in [-0.4, -0.2) is 30.9 Å². The van der Waals surface area contributed by atoms with Crippen LogP contribution in [-0.2, 0) is 0 Å². The van der Waals surface area contributed by atoms with E-state index in [1.807, 2.05) is 55.5 Å². The van der Waals surface area contributed by atoms with Crippen molar-refractivity contribution in [2.45, 2.75) is 32.0 Å². The molecule has 0 saturated heterocycles. The topological polar surface area (TPSA) is 87.9 Å². The quantitative estimate of drug-likeness (QED) is 0.439. The zero-order valence-electron chi connectivity index (χ0n) is 16.1. The number of aryl methyl sites for hydroxylation is 1. The Morgan fingerprint density at radius 1 is 1.10 bits per heavy atom. The molecule has 7 heteroatoms. The van der Waals surface area contributed by atoms with Crippen molar-refractivity contribution in [2.75, 3.05) is 5.32 Å². The molecule has 0 aliphatic heterocycles. The summed E-state index contributed by atoms with van der Waals surface area (Å²) in [7, 11) is 0. The number of anilines is 2. The largest absolute Gasteiger partial charge is 0.374 e. The number of aliphatic hydroxyl groups excluding tert-OH is 1. The van der Waals surface area contributed by atoms with Gasteiger partial charge in [-0.05, 0) is 49.1 Å². The maximum Gasteiger partial charge on any atom is 0.168 e. The summed E-state index contributed by atoms with van der Waals surface area (Å²) < 4.78 is 1.80. The molecule has 0 bridgehead atoms. The van der Waals surface area contributed by atoms with Crippen LogP contribution >= 0.6 is 0 Å². The predicted molar refractivity (Wildman–Crippen MR) is 112 cm³/mol. The van der Waals surface area contributed by atoms with Gasteiger partial charge in [0.1, 0.15) is 18.4 Å². The van der Waals surface area contributed by atoms with Crippen molar-refractivity contribution in [3.8, 4) is 5.69 Å².